The maximum atomic E-state index is 12.7. The fourth-order valence-electron chi connectivity index (χ4n) is 2.78. The number of hydrogen-bond donors (Lipinski definition) is 2. The van der Waals surface area contributed by atoms with Crippen LogP contribution in [0, 0.1) is 0 Å². The van der Waals surface area contributed by atoms with Crippen LogP contribution in [0.3, 0.4) is 0 Å². The summed E-state index contributed by atoms with van der Waals surface area (Å²) in [4.78, 5) is 12.7. The van der Waals surface area contributed by atoms with Crippen molar-refractivity contribution in [2.75, 3.05) is 11.9 Å². The highest BCUT2D eigenvalue weighted by Gasteiger charge is 2.23. The first-order valence-corrected chi connectivity index (χ1v) is 11.7. The number of anilines is 1. The highest BCUT2D eigenvalue weighted by atomic mass is 35.5. The van der Waals surface area contributed by atoms with Crippen LogP contribution in [0.15, 0.2) is 77.7 Å². The van der Waals surface area contributed by atoms with Crippen molar-refractivity contribution in [3.05, 3.63) is 77.8 Å². The Hall–Kier alpha value is -3.07. The van der Waals surface area contributed by atoms with Crippen LogP contribution in [-0.2, 0) is 14.8 Å². The monoisotopic (exact) mass is 474 g/mol. The zero-order chi connectivity index (χ0) is 23.1. The number of para-hydroxylation sites is 1. The Balaban J connectivity index is 1.72. The Kier molecular flexibility index (Phi) is 7.74. The molecule has 0 bridgehead atoms. The van der Waals surface area contributed by atoms with Crippen LogP contribution in [0.25, 0.3) is 0 Å². The number of rotatable bonds is 9. The van der Waals surface area contributed by atoms with E-state index in [-0.39, 0.29) is 4.90 Å². The molecule has 1 atom stereocenters. The van der Waals surface area contributed by atoms with Crippen LogP contribution in [0.2, 0.25) is 5.02 Å². The second-order valence-electron chi connectivity index (χ2n) is 6.79. The van der Waals surface area contributed by atoms with Gasteiger partial charge in [0.2, 0.25) is 15.9 Å². The first-order valence-electron chi connectivity index (χ1n) is 9.87. The molecular formula is C23H23ClN2O5S. The van der Waals surface area contributed by atoms with Gasteiger partial charge in [-0.05, 0) is 68.4 Å². The van der Waals surface area contributed by atoms with E-state index in [4.69, 9.17) is 21.1 Å². The van der Waals surface area contributed by atoms with Crippen molar-refractivity contribution in [2.45, 2.75) is 24.8 Å². The van der Waals surface area contributed by atoms with Crippen LogP contribution in [0.5, 0.6) is 17.2 Å². The van der Waals surface area contributed by atoms with Crippen LogP contribution in [0.1, 0.15) is 13.8 Å². The van der Waals surface area contributed by atoms with Gasteiger partial charge in [-0.3, -0.25) is 4.79 Å². The van der Waals surface area contributed by atoms with E-state index in [1.54, 1.807) is 36.4 Å². The molecule has 3 aromatic carbocycles. The first kappa shape index (κ1) is 23.6. The van der Waals surface area contributed by atoms with Crippen molar-refractivity contribution >= 4 is 33.2 Å². The average Bonchev–Trinajstić information content (AvgIpc) is 2.76. The summed E-state index contributed by atoms with van der Waals surface area (Å²) in [5.74, 6) is 0.939. The van der Waals surface area contributed by atoms with Gasteiger partial charge in [0.15, 0.2) is 5.75 Å². The molecule has 168 valence electrons. The van der Waals surface area contributed by atoms with Gasteiger partial charge in [-0.15, -0.1) is 0 Å². The fraction of sp³-hybridized carbons (Fsp3) is 0.174. The molecule has 9 heteroatoms. The summed E-state index contributed by atoms with van der Waals surface area (Å²) >= 11 is 6.08. The molecule has 0 saturated carbocycles. The van der Waals surface area contributed by atoms with Crippen LogP contribution in [-0.4, -0.2) is 27.0 Å². The van der Waals surface area contributed by atoms with Gasteiger partial charge in [-0.2, -0.15) is 4.72 Å². The van der Waals surface area contributed by atoms with Gasteiger partial charge >= 0.3 is 0 Å². The van der Waals surface area contributed by atoms with Gasteiger partial charge in [-0.1, -0.05) is 29.8 Å². The normalized spacial score (nSPS) is 12.1. The highest BCUT2D eigenvalue weighted by Crippen LogP contribution is 2.32. The largest absolute Gasteiger partial charge is 0.494 e. The molecule has 7 nitrogen and oxygen atoms in total. The van der Waals surface area contributed by atoms with Gasteiger partial charge in [-0.25, -0.2) is 8.42 Å². The topological polar surface area (TPSA) is 93.7 Å². The van der Waals surface area contributed by atoms with Crippen molar-refractivity contribution in [1.82, 2.24) is 4.72 Å². The smallest absolute Gasteiger partial charge is 0.242 e. The van der Waals surface area contributed by atoms with E-state index in [0.29, 0.717) is 34.6 Å². The number of nitrogens with one attached hydrogen (secondary N) is 2. The summed E-state index contributed by atoms with van der Waals surface area (Å²) < 4.78 is 38.8. The Morgan fingerprint density at radius 2 is 1.69 bits per heavy atom. The lowest BCUT2D eigenvalue weighted by Crippen LogP contribution is -2.41. The zero-order valence-electron chi connectivity index (χ0n) is 17.5. The molecule has 0 spiro atoms. The standard InChI is InChI=1S/C23H23ClN2O5S/c1-3-30-18-10-12-20(13-11-18)32(28,29)26-16(2)23(27)25-21-15-17(24)9-14-22(21)31-19-7-5-4-6-8-19/h4-16,26H,3H2,1-2H3,(H,25,27)/t16-/m0/s1. The summed E-state index contributed by atoms with van der Waals surface area (Å²) in [6, 6.07) is 18.7. The van der Waals surface area contributed by atoms with Crippen LogP contribution >= 0.6 is 11.6 Å². The molecule has 0 aliphatic carbocycles. The second-order valence-corrected chi connectivity index (χ2v) is 8.94. The number of benzene rings is 3. The molecule has 0 aromatic heterocycles. The number of sulfonamides is 1. The van der Waals surface area contributed by atoms with E-state index in [1.807, 2.05) is 25.1 Å². The minimum Gasteiger partial charge on any atom is -0.494 e. The maximum Gasteiger partial charge on any atom is 0.242 e. The summed E-state index contributed by atoms with van der Waals surface area (Å²) in [6.45, 7) is 3.76. The number of amides is 1. The predicted molar refractivity (Wildman–Crippen MR) is 124 cm³/mol. The van der Waals surface area contributed by atoms with Gasteiger partial charge in [0, 0.05) is 5.02 Å². The van der Waals surface area contributed by atoms with Crippen molar-refractivity contribution in [1.29, 1.82) is 0 Å². The molecule has 0 aliphatic rings. The lowest BCUT2D eigenvalue weighted by molar-refractivity contribution is -0.117. The van der Waals surface area contributed by atoms with E-state index >= 15 is 0 Å². The second kappa shape index (κ2) is 10.5. The van der Waals surface area contributed by atoms with Gasteiger partial charge in [0.25, 0.3) is 0 Å². The molecular weight excluding hydrogens is 452 g/mol. The van der Waals surface area contributed by atoms with E-state index in [0.717, 1.165) is 0 Å². The van der Waals surface area contributed by atoms with E-state index < -0.39 is 22.0 Å². The van der Waals surface area contributed by atoms with Gasteiger partial charge in [0.1, 0.15) is 11.5 Å². The number of carbonyl (C=O) groups is 1. The molecule has 32 heavy (non-hydrogen) atoms. The molecule has 3 rings (SSSR count). The number of carbonyl (C=O) groups excluding carboxylic acids is 1. The molecule has 0 saturated heterocycles. The Labute approximate surface area is 192 Å². The van der Waals surface area contributed by atoms with Gasteiger partial charge < -0.3 is 14.8 Å². The minimum absolute atomic E-state index is 0.0245. The molecule has 2 N–H and O–H groups in total. The van der Waals surface area contributed by atoms with Crippen LogP contribution < -0.4 is 19.5 Å². The summed E-state index contributed by atoms with van der Waals surface area (Å²) in [5, 5.41) is 3.07. The van der Waals surface area contributed by atoms with E-state index in [9.17, 15) is 13.2 Å². The summed E-state index contributed by atoms with van der Waals surface area (Å²) in [6.07, 6.45) is 0. The molecule has 1 amide bonds. The lowest BCUT2D eigenvalue weighted by Gasteiger charge is -2.17. The maximum absolute atomic E-state index is 12.7. The van der Waals surface area contributed by atoms with Crippen molar-refractivity contribution < 1.29 is 22.7 Å². The molecule has 0 aliphatic heterocycles. The Morgan fingerprint density at radius 1 is 1.00 bits per heavy atom. The third-order valence-electron chi connectivity index (χ3n) is 4.34. The highest BCUT2D eigenvalue weighted by molar-refractivity contribution is 7.89. The van der Waals surface area contributed by atoms with Gasteiger partial charge in [0.05, 0.1) is 23.2 Å². The number of hydrogen-bond acceptors (Lipinski definition) is 5. The number of halogens is 1. The minimum atomic E-state index is -3.92. The molecule has 0 heterocycles. The Morgan fingerprint density at radius 3 is 2.34 bits per heavy atom. The summed E-state index contributed by atoms with van der Waals surface area (Å²) in [5.41, 5.74) is 0.318. The van der Waals surface area contributed by atoms with Crippen molar-refractivity contribution in [3.8, 4) is 17.2 Å². The number of ether oxygens (including phenoxy) is 2. The third kappa shape index (κ3) is 6.23. The zero-order valence-corrected chi connectivity index (χ0v) is 19.1. The van der Waals surface area contributed by atoms with Crippen molar-refractivity contribution in [3.63, 3.8) is 0 Å². The average molecular weight is 475 g/mol. The molecule has 0 unspecified atom stereocenters. The first-order chi connectivity index (χ1) is 15.3. The van der Waals surface area contributed by atoms with E-state index in [2.05, 4.69) is 10.0 Å². The fourth-order valence-corrected chi connectivity index (χ4v) is 4.16. The van der Waals surface area contributed by atoms with Crippen LogP contribution in [0.4, 0.5) is 5.69 Å². The van der Waals surface area contributed by atoms with E-state index in [1.165, 1.54) is 25.1 Å². The molecule has 0 radical (unpaired) electrons. The molecule has 3 aromatic rings. The predicted octanol–water partition coefficient (Wildman–Crippen LogP) is 4.84. The Bertz CT molecular complexity index is 1170. The quantitative estimate of drug-likeness (QED) is 0.463. The molecule has 0 fully saturated rings. The van der Waals surface area contributed by atoms with Crippen molar-refractivity contribution in [2.24, 2.45) is 0 Å². The lowest BCUT2D eigenvalue weighted by atomic mass is 10.2. The SMILES string of the molecule is CCOc1ccc(S(=O)(=O)N[C@@H](C)C(=O)Nc2cc(Cl)ccc2Oc2ccccc2)cc1. The third-order valence-corrected chi connectivity index (χ3v) is 6.13. The summed E-state index contributed by atoms with van der Waals surface area (Å²) in [7, 11) is -3.92.